The van der Waals surface area contributed by atoms with E-state index in [0.29, 0.717) is 12.1 Å². The lowest BCUT2D eigenvalue weighted by Crippen LogP contribution is -2.30. The molecule has 1 aliphatic heterocycles. The molecule has 1 fully saturated rings. The highest BCUT2D eigenvalue weighted by molar-refractivity contribution is 7.89. The maximum Gasteiger partial charge on any atom is 0.341 e. The average molecular weight is 307 g/mol. The second-order valence-corrected chi connectivity index (χ2v) is 6.25. The molecule has 0 radical (unpaired) electrons. The predicted molar refractivity (Wildman–Crippen MR) is 62.7 cm³/mol. The zero-order valence-electron chi connectivity index (χ0n) is 10.1. The van der Waals surface area contributed by atoms with Crippen LogP contribution in [0.2, 0.25) is 0 Å². The van der Waals surface area contributed by atoms with Crippen LogP contribution in [-0.4, -0.2) is 48.1 Å². The van der Waals surface area contributed by atoms with Crippen molar-refractivity contribution in [2.75, 3.05) is 13.1 Å². The van der Waals surface area contributed by atoms with Crippen LogP contribution in [0.1, 0.15) is 16.8 Å². The number of hydrogen-bond donors (Lipinski definition) is 2. The standard InChI is InChI=1S/C11H11F2NO5S/c12-7-1-2-8(10(13)9(7)11(16)17)20(18,19)14-4-3-6(15)5-14/h1-2,6,15H,3-5H2,(H,16,17)/t6-/m1/s1. The van der Waals surface area contributed by atoms with Crippen molar-refractivity contribution in [2.24, 2.45) is 0 Å². The summed E-state index contributed by atoms with van der Waals surface area (Å²) in [6, 6.07) is 1.27. The summed E-state index contributed by atoms with van der Waals surface area (Å²) >= 11 is 0. The number of carboxylic acid groups (broad SMARTS) is 1. The van der Waals surface area contributed by atoms with Crippen LogP contribution >= 0.6 is 0 Å². The van der Waals surface area contributed by atoms with Gasteiger partial charge < -0.3 is 10.2 Å². The molecule has 2 rings (SSSR count). The molecule has 0 aliphatic carbocycles. The Morgan fingerprint density at radius 2 is 2.00 bits per heavy atom. The molecule has 0 amide bonds. The summed E-state index contributed by atoms with van der Waals surface area (Å²) in [7, 11) is -4.31. The number of aliphatic hydroxyl groups excluding tert-OH is 1. The first-order valence-corrected chi connectivity index (χ1v) is 7.08. The van der Waals surface area contributed by atoms with E-state index in [0.717, 1.165) is 4.31 Å². The van der Waals surface area contributed by atoms with Crippen LogP contribution in [0, 0.1) is 11.6 Å². The van der Waals surface area contributed by atoms with E-state index in [9.17, 15) is 27.1 Å². The number of hydrogen-bond acceptors (Lipinski definition) is 4. The maximum absolute atomic E-state index is 13.9. The van der Waals surface area contributed by atoms with E-state index in [1.165, 1.54) is 0 Å². The molecule has 1 heterocycles. The lowest BCUT2D eigenvalue weighted by Gasteiger charge is -2.16. The van der Waals surface area contributed by atoms with Crippen molar-refractivity contribution in [3.63, 3.8) is 0 Å². The summed E-state index contributed by atoms with van der Waals surface area (Å²) < 4.78 is 52.3. The number of nitrogens with zero attached hydrogens (tertiary/aromatic N) is 1. The van der Waals surface area contributed by atoms with Gasteiger partial charge in [0.25, 0.3) is 0 Å². The van der Waals surface area contributed by atoms with Gasteiger partial charge in [-0.25, -0.2) is 22.0 Å². The zero-order chi connectivity index (χ0) is 15.1. The molecule has 0 spiro atoms. The van der Waals surface area contributed by atoms with Crippen molar-refractivity contribution in [2.45, 2.75) is 17.4 Å². The molecule has 0 bridgehead atoms. The molecule has 110 valence electrons. The molecule has 1 aromatic rings. The summed E-state index contributed by atoms with van der Waals surface area (Å²) in [5, 5.41) is 18.0. The number of rotatable bonds is 3. The summed E-state index contributed by atoms with van der Waals surface area (Å²) in [4.78, 5) is 9.86. The van der Waals surface area contributed by atoms with Crippen LogP contribution in [0.4, 0.5) is 8.78 Å². The third-order valence-corrected chi connectivity index (χ3v) is 4.90. The van der Waals surface area contributed by atoms with Gasteiger partial charge in [-0.15, -0.1) is 0 Å². The quantitative estimate of drug-likeness (QED) is 0.844. The van der Waals surface area contributed by atoms with Crippen molar-refractivity contribution < 1.29 is 32.2 Å². The van der Waals surface area contributed by atoms with E-state index in [1.54, 1.807) is 0 Å². The molecule has 6 nitrogen and oxygen atoms in total. The maximum atomic E-state index is 13.9. The lowest BCUT2D eigenvalue weighted by atomic mass is 10.2. The van der Waals surface area contributed by atoms with E-state index >= 15 is 0 Å². The molecule has 9 heteroatoms. The SMILES string of the molecule is O=C(O)c1c(F)ccc(S(=O)(=O)N2CC[C@@H](O)C2)c1F. The van der Waals surface area contributed by atoms with Crippen LogP contribution in [0.5, 0.6) is 0 Å². The van der Waals surface area contributed by atoms with E-state index in [2.05, 4.69) is 0 Å². The second kappa shape index (κ2) is 5.08. The van der Waals surface area contributed by atoms with Gasteiger partial charge >= 0.3 is 5.97 Å². The Kier molecular flexibility index (Phi) is 3.76. The topological polar surface area (TPSA) is 94.9 Å². The number of sulfonamides is 1. The van der Waals surface area contributed by atoms with Crippen molar-refractivity contribution >= 4 is 16.0 Å². The Morgan fingerprint density at radius 1 is 1.35 bits per heavy atom. The number of β-amino-alcohol motifs (C(OH)–C–C–N with tert-alkyl or cyclic N) is 1. The molecular weight excluding hydrogens is 296 g/mol. The first kappa shape index (κ1) is 14.8. The highest BCUT2D eigenvalue weighted by Crippen LogP contribution is 2.26. The Morgan fingerprint density at radius 3 is 2.50 bits per heavy atom. The fraction of sp³-hybridized carbons (Fsp3) is 0.364. The van der Waals surface area contributed by atoms with Crippen molar-refractivity contribution in [1.82, 2.24) is 4.31 Å². The van der Waals surface area contributed by atoms with Crippen LogP contribution in [-0.2, 0) is 10.0 Å². The lowest BCUT2D eigenvalue weighted by molar-refractivity contribution is 0.0685. The van der Waals surface area contributed by atoms with Gasteiger partial charge in [-0.1, -0.05) is 0 Å². The zero-order valence-corrected chi connectivity index (χ0v) is 10.9. The predicted octanol–water partition coefficient (Wildman–Crippen LogP) is 0.418. The number of carboxylic acids is 1. The van der Waals surface area contributed by atoms with Crippen LogP contribution < -0.4 is 0 Å². The van der Waals surface area contributed by atoms with Crippen LogP contribution in [0.25, 0.3) is 0 Å². The fourth-order valence-electron chi connectivity index (χ4n) is 2.00. The fourth-order valence-corrected chi connectivity index (χ4v) is 3.56. The number of benzene rings is 1. The van der Waals surface area contributed by atoms with Crippen LogP contribution in [0.15, 0.2) is 17.0 Å². The number of carbonyl (C=O) groups is 1. The molecule has 0 unspecified atom stereocenters. The third kappa shape index (κ3) is 2.39. The normalized spacial score (nSPS) is 20.2. The number of aliphatic hydroxyl groups is 1. The smallest absolute Gasteiger partial charge is 0.341 e. The van der Waals surface area contributed by atoms with E-state index in [4.69, 9.17) is 5.11 Å². The molecule has 1 atom stereocenters. The number of halogens is 2. The Balaban J connectivity index is 2.53. The summed E-state index contributed by atoms with van der Waals surface area (Å²) in [6.45, 7) is -0.218. The minimum absolute atomic E-state index is 0.0112. The monoisotopic (exact) mass is 307 g/mol. The first-order chi connectivity index (χ1) is 9.25. The van der Waals surface area contributed by atoms with Crippen LogP contribution in [0.3, 0.4) is 0 Å². The van der Waals surface area contributed by atoms with Crippen molar-refractivity contribution in [3.05, 3.63) is 29.3 Å². The Bertz CT molecular complexity index is 661. The van der Waals surface area contributed by atoms with Gasteiger partial charge in [0.15, 0.2) is 5.82 Å². The second-order valence-electron chi connectivity index (χ2n) is 4.35. The molecule has 2 N–H and O–H groups in total. The Hall–Kier alpha value is -1.58. The van der Waals surface area contributed by atoms with Gasteiger partial charge in [0.1, 0.15) is 16.3 Å². The van der Waals surface area contributed by atoms with Crippen molar-refractivity contribution in [3.8, 4) is 0 Å². The third-order valence-electron chi connectivity index (χ3n) is 3.01. The summed E-state index contributed by atoms with van der Waals surface area (Å²) in [5.41, 5.74) is -1.31. The minimum Gasteiger partial charge on any atom is -0.477 e. The van der Waals surface area contributed by atoms with E-state index < -0.39 is 44.2 Å². The molecule has 1 aliphatic rings. The highest BCUT2D eigenvalue weighted by Gasteiger charge is 2.35. The minimum atomic E-state index is -4.31. The van der Waals surface area contributed by atoms with Gasteiger partial charge in [-0.3, -0.25) is 0 Å². The summed E-state index contributed by atoms with van der Waals surface area (Å²) in [6.07, 6.45) is -0.652. The molecular formula is C11H11F2NO5S. The van der Waals surface area contributed by atoms with Gasteiger partial charge in [-0.05, 0) is 18.6 Å². The molecule has 0 saturated carbocycles. The Labute approximate surface area is 113 Å². The van der Waals surface area contributed by atoms with Gasteiger partial charge in [0.05, 0.1) is 6.10 Å². The highest BCUT2D eigenvalue weighted by atomic mass is 32.2. The molecule has 1 saturated heterocycles. The molecule has 0 aromatic heterocycles. The number of aromatic carboxylic acids is 1. The van der Waals surface area contributed by atoms with Crippen molar-refractivity contribution in [1.29, 1.82) is 0 Å². The summed E-state index contributed by atoms with van der Waals surface area (Å²) in [5.74, 6) is -4.88. The molecule has 1 aromatic carbocycles. The van der Waals surface area contributed by atoms with Gasteiger partial charge in [0.2, 0.25) is 10.0 Å². The van der Waals surface area contributed by atoms with E-state index in [-0.39, 0.29) is 19.5 Å². The van der Waals surface area contributed by atoms with Gasteiger partial charge in [-0.2, -0.15) is 4.31 Å². The largest absolute Gasteiger partial charge is 0.477 e. The first-order valence-electron chi connectivity index (χ1n) is 5.64. The van der Waals surface area contributed by atoms with E-state index in [1.807, 2.05) is 0 Å². The van der Waals surface area contributed by atoms with Gasteiger partial charge in [0, 0.05) is 13.1 Å². The average Bonchev–Trinajstić information content (AvgIpc) is 2.75. The molecule has 20 heavy (non-hydrogen) atoms.